The van der Waals surface area contributed by atoms with Crippen LogP contribution in [0, 0.1) is 0 Å². The minimum atomic E-state index is -3.50. The first-order valence-electron chi connectivity index (χ1n) is 8.43. The summed E-state index contributed by atoms with van der Waals surface area (Å²) in [5.41, 5.74) is 0. The topological polar surface area (TPSA) is 79.0 Å². The van der Waals surface area contributed by atoms with Crippen LogP contribution in [-0.4, -0.2) is 63.0 Å². The molecular weight excluding hydrogens is 454 g/mol. The average molecular weight is 474 g/mol. The summed E-state index contributed by atoms with van der Waals surface area (Å²) in [5, 5.41) is 2.80. The molecule has 0 saturated carbocycles. The SMILES string of the molecule is O=C(NCCOc1ccccc1)N1CCN(S(=O)(=O)c2ccc(Br)s2)CC1. The van der Waals surface area contributed by atoms with Gasteiger partial charge in [-0.15, -0.1) is 11.3 Å². The summed E-state index contributed by atoms with van der Waals surface area (Å²) < 4.78 is 33.2. The zero-order chi connectivity index (χ0) is 19.3. The van der Waals surface area contributed by atoms with Crippen LogP contribution >= 0.6 is 27.3 Å². The molecule has 0 aliphatic carbocycles. The Labute approximate surface area is 171 Å². The average Bonchev–Trinajstić information content (AvgIpc) is 3.13. The Morgan fingerprint density at radius 2 is 1.81 bits per heavy atom. The van der Waals surface area contributed by atoms with E-state index in [0.717, 1.165) is 9.54 Å². The van der Waals surface area contributed by atoms with E-state index in [2.05, 4.69) is 21.2 Å². The van der Waals surface area contributed by atoms with Crippen molar-refractivity contribution in [2.75, 3.05) is 39.3 Å². The summed E-state index contributed by atoms with van der Waals surface area (Å²) in [6.07, 6.45) is 0. The highest BCUT2D eigenvalue weighted by Crippen LogP contribution is 2.28. The summed E-state index contributed by atoms with van der Waals surface area (Å²) in [5.74, 6) is 0.755. The van der Waals surface area contributed by atoms with Gasteiger partial charge < -0.3 is 15.0 Å². The molecule has 0 bridgehead atoms. The molecular formula is C17H20BrN3O4S2. The van der Waals surface area contributed by atoms with E-state index in [-0.39, 0.29) is 19.1 Å². The largest absolute Gasteiger partial charge is 0.492 e. The Morgan fingerprint density at radius 1 is 1.11 bits per heavy atom. The number of amides is 2. The minimum absolute atomic E-state index is 0.206. The van der Waals surface area contributed by atoms with Crippen molar-refractivity contribution in [1.29, 1.82) is 0 Å². The number of urea groups is 1. The minimum Gasteiger partial charge on any atom is -0.492 e. The first-order chi connectivity index (χ1) is 13.0. The normalized spacial score (nSPS) is 15.5. The van der Waals surface area contributed by atoms with Gasteiger partial charge in [-0.2, -0.15) is 4.31 Å². The lowest BCUT2D eigenvalue weighted by Crippen LogP contribution is -2.53. The van der Waals surface area contributed by atoms with E-state index < -0.39 is 10.0 Å². The number of halogens is 1. The number of thiophene rings is 1. The van der Waals surface area contributed by atoms with Gasteiger partial charge in [0.1, 0.15) is 16.6 Å². The number of para-hydroxylation sites is 1. The fraction of sp³-hybridized carbons (Fsp3) is 0.353. The summed E-state index contributed by atoms with van der Waals surface area (Å²) >= 11 is 4.47. The van der Waals surface area contributed by atoms with E-state index in [1.54, 1.807) is 17.0 Å². The second kappa shape index (κ2) is 9.05. The summed E-state index contributed by atoms with van der Waals surface area (Å²) in [7, 11) is -3.50. The molecule has 2 heterocycles. The number of carbonyl (C=O) groups is 1. The van der Waals surface area contributed by atoms with E-state index in [0.29, 0.717) is 30.5 Å². The lowest BCUT2D eigenvalue weighted by Gasteiger charge is -2.33. The maximum Gasteiger partial charge on any atom is 0.317 e. The highest BCUT2D eigenvalue weighted by atomic mass is 79.9. The zero-order valence-corrected chi connectivity index (χ0v) is 17.7. The first kappa shape index (κ1) is 20.1. The predicted octanol–water partition coefficient (Wildman–Crippen LogP) is 2.61. The molecule has 0 unspecified atom stereocenters. The second-order valence-corrected chi connectivity index (χ2v) is 10.5. The third kappa shape index (κ3) is 5.22. The van der Waals surface area contributed by atoms with Gasteiger partial charge in [-0.1, -0.05) is 18.2 Å². The van der Waals surface area contributed by atoms with Gasteiger partial charge in [0.05, 0.1) is 10.3 Å². The highest BCUT2D eigenvalue weighted by Gasteiger charge is 2.30. The summed E-state index contributed by atoms with van der Waals surface area (Å²) in [6.45, 7) is 2.04. The van der Waals surface area contributed by atoms with Crippen LogP contribution in [-0.2, 0) is 10.0 Å². The molecule has 1 N–H and O–H groups in total. The van der Waals surface area contributed by atoms with Crippen LogP contribution in [0.1, 0.15) is 0 Å². The zero-order valence-electron chi connectivity index (χ0n) is 14.5. The van der Waals surface area contributed by atoms with E-state index in [1.807, 2.05) is 30.3 Å². The molecule has 7 nitrogen and oxygen atoms in total. The summed E-state index contributed by atoms with van der Waals surface area (Å²) in [6, 6.07) is 12.5. The maximum atomic E-state index is 12.6. The van der Waals surface area contributed by atoms with Crippen LogP contribution in [0.4, 0.5) is 4.79 Å². The van der Waals surface area contributed by atoms with Gasteiger partial charge in [0.25, 0.3) is 10.0 Å². The third-order valence-corrected chi connectivity index (χ3v) is 8.05. The van der Waals surface area contributed by atoms with Crippen molar-refractivity contribution >= 4 is 43.3 Å². The monoisotopic (exact) mass is 473 g/mol. The standard InChI is InChI=1S/C17H20BrN3O4S2/c18-15-6-7-16(26-15)27(23,24)21-11-9-20(10-12-21)17(22)19-8-13-25-14-4-2-1-3-5-14/h1-7H,8-13H2,(H,19,22). The van der Waals surface area contributed by atoms with E-state index >= 15 is 0 Å². The van der Waals surface area contributed by atoms with Crippen molar-refractivity contribution in [3.63, 3.8) is 0 Å². The molecule has 10 heteroatoms. The van der Waals surface area contributed by atoms with Crippen LogP contribution in [0.5, 0.6) is 5.75 Å². The number of ether oxygens (including phenoxy) is 1. The van der Waals surface area contributed by atoms with Gasteiger partial charge in [-0.25, -0.2) is 13.2 Å². The molecule has 3 rings (SSSR count). The van der Waals surface area contributed by atoms with Crippen LogP contribution in [0.2, 0.25) is 0 Å². The van der Waals surface area contributed by atoms with Crippen LogP contribution in [0.25, 0.3) is 0 Å². The van der Waals surface area contributed by atoms with E-state index in [4.69, 9.17) is 4.74 Å². The lowest BCUT2D eigenvalue weighted by atomic mass is 10.3. The number of nitrogens with zero attached hydrogens (tertiary/aromatic N) is 2. The molecule has 1 aliphatic heterocycles. The Hall–Kier alpha value is -1.62. The number of benzene rings is 1. The molecule has 0 spiro atoms. The van der Waals surface area contributed by atoms with Gasteiger partial charge in [0, 0.05) is 26.2 Å². The van der Waals surface area contributed by atoms with Crippen LogP contribution < -0.4 is 10.1 Å². The Morgan fingerprint density at radius 3 is 2.44 bits per heavy atom. The Balaban J connectivity index is 1.42. The van der Waals surface area contributed by atoms with Gasteiger partial charge in [0.15, 0.2) is 0 Å². The number of piperazine rings is 1. The van der Waals surface area contributed by atoms with Crippen molar-refractivity contribution in [2.45, 2.75) is 4.21 Å². The number of hydrogen-bond donors (Lipinski definition) is 1. The quantitative estimate of drug-likeness (QED) is 0.653. The maximum absolute atomic E-state index is 12.6. The number of hydrogen-bond acceptors (Lipinski definition) is 5. The highest BCUT2D eigenvalue weighted by molar-refractivity contribution is 9.11. The fourth-order valence-electron chi connectivity index (χ4n) is 2.65. The van der Waals surface area contributed by atoms with Crippen molar-refractivity contribution in [3.8, 4) is 5.75 Å². The van der Waals surface area contributed by atoms with E-state index in [1.165, 1.54) is 15.6 Å². The molecule has 1 fully saturated rings. The van der Waals surface area contributed by atoms with Crippen molar-refractivity contribution in [2.24, 2.45) is 0 Å². The molecule has 1 saturated heterocycles. The number of carbonyl (C=O) groups excluding carboxylic acids is 1. The van der Waals surface area contributed by atoms with Crippen LogP contribution in [0.15, 0.2) is 50.5 Å². The van der Waals surface area contributed by atoms with E-state index in [9.17, 15) is 13.2 Å². The van der Waals surface area contributed by atoms with Crippen molar-refractivity contribution < 1.29 is 17.9 Å². The number of sulfonamides is 1. The van der Waals surface area contributed by atoms with Gasteiger partial charge in [0.2, 0.25) is 0 Å². The molecule has 2 aromatic rings. The first-order valence-corrected chi connectivity index (χ1v) is 11.5. The molecule has 1 aliphatic rings. The molecule has 2 amide bonds. The fourth-order valence-corrected chi connectivity index (χ4v) is 6.24. The Bertz CT molecular complexity index is 865. The van der Waals surface area contributed by atoms with Crippen molar-refractivity contribution in [3.05, 3.63) is 46.3 Å². The van der Waals surface area contributed by atoms with Gasteiger partial charge in [-0.05, 0) is 40.2 Å². The molecule has 27 heavy (non-hydrogen) atoms. The van der Waals surface area contributed by atoms with Crippen molar-refractivity contribution in [1.82, 2.24) is 14.5 Å². The number of rotatable bonds is 6. The second-order valence-electron chi connectivity index (χ2n) is 5.84. The molecule has 1 aromatic heterocycles. The third-order valence-electron chi connectivity index (χ3n) is 4.06. The lowest BCUT2D eigenvalue weighted by molar-refractivity contribution is 0.170. The predicted molar refractivity (Wildman–Crippen MR) is 108 cm³/mol. The molecule has 146 valence electrons. The van der Waals surface area contributed by atoms with Crippen LogP contribution in [0.3, 0.4) is 0 Å². The smallest absolute Gasteiger partial charge is 0.317 e. The van der Waals surface area contributed by atoms with Gasteiger partial charge >= 0.3 is 6.03 Å². The molecule has 1 aromatic carbocycles. The molecule has 0 atom stereocenters. The number of nitrogens with one attached hydrogen (secondary N) is 1. The Kier molecular flexibility index (Phi) is 6.74. The summed E-state index contributed by atoms with van der Waals surface area (Å²) in [4.78, 5) is 13.9. The molecule has 0 radical (unpaired) electrons. The van der Waals surface area contributed by atoms with Gasteiger partial charge in [-0.3, -0.25) is 0 Å².